The largest absolute Gasteiger partial charge is 0.337 e. The summed E-state index contributed by atoms with van der Waals surface area (Å²) in [5.74, 6) is 0. The zero-order valence-electron chi connectivity index (χ0n) is 10.8. The summed E-state index contributed by atoms with van der Waals surface area (Å²) in [4.78, 5) is 4.02. The summed E-state index contributed by atoms with van der Waals surface area (Å²) < 4.78 is 2.07. The van der Waals surface area contributed by atoms with Crippen LogP contribution >= 0.6 is 23.2 Å². The van der Waals surface area contributed by atoms with Gasteiger partial charge in [-0.25, -0.2) is 4.98 Å². The fraction of sp³-hybridized carbons (Fsp3) is 0.357. The monoisotopic (exact) mass is 297 g/mol. The molecule has 2 aromatic rings. The van der Waals surface area contributed by atoms with E-state index in [2.05, 4.69) is 21.8 Å². The summed E-state index contributed by atoms with van der Waals surface area (Å²) in [6.07, 6.45) is 6.67. The van der Waals surface area contributed by atoms with Crippen LogP contribution in [0.3, 0.4) is 0 Å². The summed E-state index contributed by atoms with van der Waals surface area (Å²) >= 11 is 11.9. The highest BCUT2D eigenvalue weighted by Crippen LogP contribution is 2.25. The Morgan fingerprint density at radius 2 is 2.16 bits per heavy atom. The second-order valence-corrected chi connectivity index (χ2v) is 5.32. The molecule has 0 fully saturated rings. The van der Waals surface area contributed by atoms with Crippen molar-refractivity contribution in [2.75, 3.05) is 6.54 Å². The number of hydrogen-bond donors (Lipinski definition) is 1. The van der Waals surface area contributed by atoms with E-state index in [1.165, 1.54) is 0 Å². The first-order valence-electron chi connectivity index (χ1n) is 6.31. The molecule has 1 aromatic carbocycles. The first kappa shape index (κ1) is 14.4. The van der Waals surface area contributed by atoms with Crippen LogP contribution in [0.2, 0.25) is 10.0 Å². The Bertz CT molecular complexity index is 511. The fourth-order valence-electron chi connectivity index (χ4n) is 1.90. The van der Waals surface area contributed by atoms with Crippen molar-refractivity contribution in [3.05, 3.63) is 52.5 Å². The topological polar surface area (TPSA) is 29.9 Å². The van der Waals surface area contributed by atoms with Crippen molar-refractivity contribution in [1.82, 2.24) is 14.9 Å². The van der Waals surface area contributed by atoms with Crippen LogP contribution in [-0.2, 0) is 6.54 Å². The highest BCUT2D eigenvalue weighted by atomic mass is 35.5. The number of rotatable bonds is 6. The Labute approximate surface area is 123 Å². The van der Waals surface area contributed by atoms with Gasteiger partial charge < -0.3 is 9.88 Å². The average molecular weight is 298 g/mol. The highest BCUT2D eigenvalue weighted by Gasteiger charge is 2.06. The lowest BCUT2D eigenvalue weighted by molar-refractivity contribution is 0.526. The molecular weight excluding hydrogens is 281 g/mol. The highest BCUT2D eigenvalue weighted by molar-refractivity contribution is 6.42. The molecule has 0 radical (unpaired) electrons. The number of halogens is 2. The molecule has 1 unspecified atom stereocenters. The summed E-state index contributed by atoms with van der Waals surface area (Å²) in [5, 5.41) is 4.67. The number of benzene rings is 1. The zero-order valence-corrected chi connectivity index (χ0v) is 12.3. The fourth-order valence-corrected chi connectivity index (χ4v) is 2.21. The van der Waals surface area contributed by atoms with Crippen LogP contribution in [0.15, 0.2) is 36.9 Å². The lowest BCUT2D eigenvalue weighted by Gasteiger charge is -2.15. The van der Waals surface area contributed by atoms with E-state index >= 15 is 0 Å². The van der Waals surface area contributed by atoms with Crippen molar-refractivity contribution in [2.45, 2.75) is 25.9 Å². The summed E-state index contributed by atoms with van der Waals surface area (Å²) in [5.41, 5.74) is 1.15. The molecule has 0 aliphatic rings. The van der Waals surface area contributed by atoms with Gasteiger partial charge in [-0.1, -0.05) is 29.3 Å². The third-order valence-corrected chi connectivity index (χ3v) is 3.79. The predicted molar refractivity (Wildman–Crippen MR) is 79.7 cm³/mol. The van der Waals surface area contributed by atoms with Gasteiger partial charge in [-0.15, -0.1) is 0 Å². The SMILES string of the molecule is CC(NCCCn1ccnc1)c1ccc(Cl)c(Cl)c1. The Balaban J connectivity index is 1.77. The van der Waals surface area contributed by atoms with E-state index in [0.29, 0.717) is 10.0 Å². The summed E-state index contributed by atoms with van der Waals surface area (Å²) in [6, 6.07) is 6.01. The molecule has 0 saturated heterocycles. The van der Waals surface area contributed by atoms with Crippen LogP contribution in [0.25, 0.3) is 0 Å². The minimum Gasteiger partial charge on any atom is -0.337 e. The molecule has 0 bridgehead atoms. The number of aryl methyl sites for hydroxylation is 1. The van der Waals surface area contributed by atoms with E-state index in [4.69, 9.17) is 23.2 Å². The van der Waals surface area contributed by atoms with Gasteiger partial charge in [0.1, 0.15) is 0 Å². The summed E-state index contributed by atoms with van der Waals surface area (Å²) in [7, 11) is 0. The van der Waals surface area contributed by atoms with Gasteiger partial charge in [0.15, 0.2) is 0 Å². The van der Waals surface area contributed by atoms with E-state index in [0.717, 1.165) is 25.1 Å². The normalized spacial score (nSPS) is 12.6. The van der Waals surface area contributed by atoms with Crippen molar-refractivity contribution >= 4 is 23.2 Å². The molecule has 1 aromatic heterocycles. The minimum atomic E-state index is 0.262. The van der Waals surface area contributed by atoms with Crippen LogP contribution in [0.1, 0.15) is 24.9 Å². The third kappa shape index (κ3) is 4.23. The Morgan fingerprint density at radius 3 is 2.84 bits per heavy atom. The van der Waals surface area contributed by atoms with Crippen molar-refractivity contribution in [3.63, 3.8) is 0 Å². The van der Waals surface area contributed by atoms with E-state index < -0.39 is 0 Å². The average Bonchev–Trinajstić information content (AvgIpc) is 2.91. The molecule has 1 atom stereocenters. The van der Waals surface area contributed by atoms with Crippen LogP contribution in [0, 0.1) is 0 Å². The Morgan fingerprint density at radius 1 is 1.32 bits per heavy atom. The van der Waals surface area contributed by atoms with Gasteiger partial charge in [-0.05, 0) is 37.6 Å². The van der Waals surface area contributed by atoms with Crippen LogP contribution in [-0.4, -0.2) is 16.1 Å². The maximum absolute atomic E-state index is 6.02. The first-order chi connectivity index (χ1) is 9.16. The molecule has 2 rings (SSSR count). The molecule has 0 spiro atoms. The number of aromatic nitrogens is 2. The van der Waals surface area contributed by atoms with Gasteiger partial charge >= 0.3 is 0 Å². The molecule has 0 aliphatic carbocycles. The lowest BCUT2D eigenvalue weighted by atomic mass is 10.1. The van der Waals surface area contributed by atoms with Crippen LogP contribution in [0.4, 0.5) is 0 Å². The molecule has 1 heterocycles. The maximum Gasteiger partial charge on any atom is 0.0945 e. The van der Waals surface area contributed by atoms with Crippen molar-refractivity contribution < 1.29 is 0 Å². The van der Waals surface area contributed by atoms with E-state index in [-0.39, 0.29) is 6.04 Å². The molecule has 0 amide bonds. The van der Waals surface area contributed by atoms with Gasteiger partial charge in [-0.3, -0.25) is 0 Å². The molecular formula is C14H17Cl2N3. The molecule has 3 nitrogen and oxygen atoms in total. The van der Waals surface area contributed by atoms with Gasteiger partial charge in [0.05, 0.1) is 16.4 Å². The predicted octanol–water partition coefficient (Wildman–Crippen LogP) is 3.93. The second-order valence-electron chi connectivity index (χ2n) is 4.50. The molecule has 0 aliphatic heterocycles. The van der Waals surface area contributed by atoms with Gasteiger partial charge in [0, 0.05) is 25.0 Å². The maximum atomic E-state index is 6.02. The lowest BCUT2D eigenvalue weighted by Crippen LogP contribution is -2.20. The van der Waals surface area contributed by atoms with E-state index in [1.807, 2.05) is 30.7 Å². The first-order valence-corrected chi connectivity index (χ1v) is 7.06. The minimum absolute atomic E-state index is 0.262. The Kier molecular flexibility index (Phi) is 5.25. The van der Waals surface area contributed by atoms with E-state index in [9.17, 15) is 0 Å². The number of nitrogens with one attached hydrogen (secondary N) is 1. The van der Waals surface area contributed by atoms with Crippen molar-refractivity contribution in [3.8, 4) is 0 Å². The van der Waals surface area contributed by atoms with Gasteiger partial charge in [0.25, 0.3) is 0 Å². The quantitative estimate of drug-likeness (QED) is 0.819. The van der Waals surface area contributed by atoms with Crippen molar-refractivity contribution in [1.29, 1.82) is 0 Å². The van der Waals surface area contributed by atoms with Gasteiger partial charge in [0.2, 0.25) is 0 Å². The molecule has 0 saturated carbocycles. The number of imidazole rings is 1. The smallest absolute Gasteiger partial charge is 0.0945 e. The van der Waals surface area contributed by atoms with Crippen LogP contribution in [0.5, 0.6) is 0 Å². The van der Waals surface area contributed by atoms with Crippen LogP contribution < -0.4 is 5.32 Å². The molecule has 19 heavy (non-hydrogen) atoms. The third-order valence-electron chi connectivity index (χ3n) is 3.05. The molecule has 5 heteroatoms. The molecule has 102 valence electrons. The van der Waals surface area contributed by atoms with Gasteiger partial charge in [-0.2, -0.15) is 0 Å². The number of nitrogens with zero attached hydrogens (tertiary/aromatic N) is 2. The molecule has 1 N–H and O–H groups in total. The van der Waals surface area contributed by atoms with E-state index in [1.54, 1.807) is 6.20 Å². The standard InChI is InChI=1S/C14H17Cl2N3/c1-11(12-3-4-13(15)14(16)9-12)18-5-2-7-19-8-6-17-10-19/h3-4,6,8-11,18H,2,5,7H2,1H3. The number of hydrogen-bond acceptors (Lipinski definition) is 2. The Hall–Kier alpha value is -1.03. The van der Waals surface area contributed by atoms with Crippen molar-refractivity contribution in [2.24, 2.45) is 0 Å². The summed E-state index contributed by atoms with van der Waals surface area (Å²) in [6.45, 7) is 4.04. The zero-order chi connectivity index (χ0) is 13.7. The second kappa shape index (κ2) is 6.94.